The molecule has 1 aliphatic rings. The van der Waals surface area contributed by atoms with E-state index >= 15 is 0 Å². The monoisotopic (exact) mass is 475 g/mol. The summed E-state index contributed by atoms with van der Waals surface area (Å²) in [5, 5.41) is 8.82. The van der Waals surface area contributed by atoms with Crippen LogP contribution < -0.4 is 20.7 Å². The first kappa shape index (κ1) is 21.3. The second-order valence-electron chi connectivity index (χ2n) is 6.72. The van der Waals surface area contributed by atoms with E-state index in [9.17, 15) is 9.59 Å². The van der Waals surface area contributed by atoms with E-state index in [0.29, 0.717) is 23.6 Å². The van der Waals surface area contributed by atoms with Crippen LogP contribution in [0.15, 0.2) is 40.9 Å². The highest BCUT2D eigenvalue weighted by atomic mass is 79.9. The van der Waals surface area contributed by atoms with E-state index in [0.717, 1.165) is 28.6 Å². The third kappa shape index (κ3) is 5.55. The molecule has 6 nitrogen and oxygen atoms in total. The highest BCUT2D eigenvalue weighted by Crippen LogP contribution is 2.31. The second-order valence-corrected chi connectivity index (χ2v) is 8.05. The zero-order valence-corrected chi connectivity index (χ0v) is 18.6. The quantitative estimate of drug-likeness (QED) is 0.530. The van der Waals surface area contributed by atoms with Gasteiger partial charge in [-0.1, -0.05) is 22.0 Å². The van der Waals surface area contributed by atoms with E-state index in [2.05, 4.69) is 31.9 Å². The maximum atomic E-state index is 12.7. The summed E-state index contributed by atoms with van der Waals surface area (Å²) in [6, 6.07) is 10.7. The Morgan fingerprint density at radius 2 is 1.86 bits per heavy atom. The number of carbonyl (C=O) groups is 2. The zero-order valence-electron chi connectivity index (χ0n) is 16.2. The van der Waals surface area contributed by atoms with Crippen LogP contribution in [0.1, 0.15) is 35.7 Å². The van der Waals surface area contributed by atoms with Gasteiger partial charge in [-0.25, -0.2) is 0 Å². The van der Waals surface area contributed by atoms with Crippen LogP contribution in [0.25, 0.3) is 0 Å². The average Bonchev–Trinajstić information content (AvgIpc) is 3.52. The fourth-order valence-electron chi connectivity index (χ4n) is 2.77. The van der Waals surface area contributed by atoms with Crippen molar-refractivity contribution in [3.05, 3.63) is 52.0 Å². The summed E-state index contributed by atoms with van der Waals surface area (Å²) in [6.45, 7) is 4.19. The van der Waals surface area contributed by atoms with Gasteiger partial charge in [0.15, 0.2) is 5.11 Å². The standard InChI is InChI=1S/C21H22BrN3O3S/c1-3-28-18-10-9-14(22)11-15(18)20(27)25-21(29)24-17-6-4-5-16(12(17)2)23-19(26)13-7-8-13/h4-6,9-11,13H,3,7-8H2,1-2H3,(H,23,26)(H2,24,25,27,29). The maximum Gasteiger partial charge on any atom is 0.261 e. The van der Waals surface area contributed by atoms with Crippen molar-refractivity contribution in [2.75, 3.05) is 17.2 Å². The van der Waals surface area contributed by atoms with Gasteiger partial charge in [0, 0.05) is 21.8 Å². The molecule has 1 aliphatic carbocycles. The minimum atomic E-state index is -0.372. The van der Waals surface area contributed by atoms with Crippen LogP contribution in [0.3, 0.4) is 0 Å². The van der Waals surface area contributed by atoms with Gasteiger partial charge in [0.2, 0.25) is 5.91 Å². The summed E-state index contributed by atoms with van der Waals surface area (Å²) in [5.74, 6) is 0.274. The smallest absolute Gasteiger partial charge is 0.261 e. The molecule has 29 heavy (non-hydrogen) atoms. The predicted octanol–water partition coefficient (Wildman–Crippen LogP) is 4.63. The Morgan fingerprint density at radius 1 is 1.17 bits per heavy atom. The largest absolute Gasteiger partial charge is 0.493 e. The summed E-state index contributed by atoms with van der Waals surface area (Å²) < 4.78 is 6.29. The van der Waals surface area contributed by atoms with Gasteiger partial charge in [-0.2, -0.15) is 0 Å². The molecule has 0 heterocycles. The summed E-state index contributed by atoms with van der Waals surface area (Å²) >= 11 is 8.68. The molecule has 0 saturated heterocycles. The van der Waals surface area contributed by atoms with Crippen LogP contribution in [0, 0.1) is 12.8 Å². The van der Waals surface area contributed by atoms with Crippen LogP contribution in [0.2, 0.25) is 0 Å². The van der Waals surface area contributed by atoms with Crippen LogP contribution in [0.5, 0.6) is 5.75 Å². The van der Waals surface area contributed by atoms with Crippen molar-refractivity contribution in [3.63, 3.8) is 0 Å². The Hall–Kier alpha value is -2.45. The van der Waals surface area contributed by atoms with Gasteiger partial charge in [0.25, 0.3) is 5.91 Å². The van der Waals surface area contributed by atoms with Crippen molar-refractivity contribution in [2.24, 2.45) is 5.92 Å². The van der Waals surface area contributed by atoms with Gasteiger partial charge >= 0.3 is 0 Å². The molecule has 8 heteroatoms. The van der Waals surface area contributed by atoms with Crippen molar-refractivity contribution in [2.45, 2.75) is 26.7 Å². The van der Waals surface area contributed by atoms with Crippen LogP contribution >= 0.6 is 28.1 Å². The van der Waals surface area contributed by atoms with Crippen molar-refractivity contribution >= 4 is 56.4 Å². The van der Waals surface area contributed by atoms with Gasteiger partial charge in [0.05, 0.1) is 12.2 Å². The number of carbonyl (C=O) groups excluding carboxylic acids is 2. The van der Waals surface area contributed by atoms with Gasteiger partial charge in [-0.3, -0.25) is 14.9 Å². The zero-order chi connectivity index (χ0) is 21.0. The molecule has 2 amide bonds. The number of nitrogens with one attached hydrogen (secondary N) is 3. The molecule has 1 fully saturated rings. The molecule has 0 bridgehead atoms. The molecule has 0 aliphatic heterocycles. The lowest BCUT2D eigenvalue weighted by Crippen LogP contribution is -2.34. The van der Waals surface area contributed by atoms with Crippen molar-refractivity contribution in [1.82, 2.24) is 5.32 Å². The first-order valence-electron chi connectivity index (χ1n) is 9.34. The molecule has 0 unspecified atom stereocenters. The van der Waals surface area contributed by atoms with E-state index < -0.39 is 0 Å². The Morgan fingerprint density at radius 3 is 2.52 bits per heavy atom. The van der Waals surface area contributed by atoms with Crippen LogP contribution in [-0.4, -0.2) is 23.5 Å². The number of thiocarbonyl (C=S) groups is 1. The number of ether oxygens (including phenoxy) is 1. The molecule has 3 N–H and O–H groups in total. The Kier molecular flexibility index (Phi) is 6.87. The SMILES string of the molecule is CCOc1ccc(Br)cc1C(=O)NC(=S)Nc1cccc(NC(=O)C2CC2)c1C. The summed E-state index contributed by atoms with van der Waals surface area (Å²) in [6.07, 6.45) is 1.89. The average molecular weight is 476 g/mol. The molecule has 0 spiro atoms. The lowest BCUT2D eigenvalue weighted by Gasteiger charge is -2.16. The van der Waals surface area contributed by atoms with E-state index in [4.69, 9.17) is 17.0 Å². The molecule has 1 saturated carbocycles. The van der Waals surface area contributed by atoms with Gasteiger partial charge in [-0.05, 0) is 74.8 Å². The number of hydrogen-bond acceptors (Lipinski definition) is 4. The lowest BCUT2D eigenvalue weighted by molar-refractivity contribution is -0.117. The van der Waals surface area contributed by atoms with E-state index in [1.54, 1.807) is 12.1 Å². The van der Waals surface area contributed by atoms with Crippen LogP contribution in [0.4, 0.5) is 11.4 Å². The fourth-order valence-corrected chi connectivity index (χ4v) is 3.34. The normalized spacial score (nSPS) is 12.8. The Bertz CT molecular complexity index is 960. The molecular weight excluding hydrogens is 454 g/mol. The first-order chi connectivity index (χ1) is 13.9. The van der Waals surface area contributed by atoms with E-state index in [1.165, 1.54) is 0 Å². The van der Waals surface area contributed by atoms with Gasteiger partial charge in [0.1, 0.15) is 5.75 Å². The molecule has 0 radical (unpaired) electrons. The second kappa shape index (κ2) is 9.37. The first-order valence-corrected chi connectivity index (χ1v) is 10.5. The Labute approximate surface area is 183 Å². The van der Waals surface area contributed by atoms with Crippen molar-refractivity contribution < 1.29 is 14.3 Å². The third-order valence-electron chi connectivity index (χ3n) is 4.50. The highest BCUT2D eigenvalue weighted by molar-refractivity contribution is 9.10. The molecule has 152 valence electrons. The van der Waals surface area contributed by atoms with E-state index in [1.807, 2.05) is 38.1 Å². The fraction of sp³-hybridized carbons (Fsp3) is 0.286. The van der Waals surface area contributed by atoms with Crippen molar-refractivity contribution in [1.29, 1.82) is 0 Å². The summed E-state index contributed by atoms with van der Waals surface area (Å²) in [7, 11) is 0. The topological polar surface area (TPSA) is 79.5 Å². The molecule has 0 aromatic heterocycles. The minimum absolute atomic E-state index is 0.0410. The molecule has 2 aromatic rings. The minimum Gasteiger partial charge on any atom is -0.493 e. The highest BCUT2D eigenvalue weighted by Gasteiger charge is 2.29. The molecule has 2 aromatic carbocycles. The number of halogens is 1. The third-order valence-corrected chi connectivity index (χ3v) is 5.20. The van der Waals surface area contributed by atoms with Gasteiger partial charge in [-0.15, -0.1) is 0 Å². The molecule has 0 atom stereocenters. The van der Waals surface area contributed by atoms with E-state index in [-0.39, 0.29) is 22.8 Å². The summed E-state index contributed by atoms with van der Waals surface area (Å²) in [5.41, 5.74) is 2.66. The Balaban J connectivity index is 1.68. The molecular formula is C21H22BrN3O3S. The van der Waals surface area contributed by atoms with Crippen molar-refractivity contribution in [3.8, 4) is 5.75 Å². The summed E-state index contributed by atoms with van der Waals surface area (Å²) in [4.78, 5) is 24.7. The number of anilines is 2. The molecule has 3 rings (SSSR count). The maximum absolute atomic E-state index is 12.7. The number of amides is 2. The van der Waals surface area contributed by atoms with Crippen LogP contribution in [-0.2, 0) is 4.79 Å². The predicted molar refractivity (Wildman–Crippen MR) is 122 cm³/mol. The lowest BCUT2D eigenvalue weighted by atomic mass is 10.1. The number of rotatable bonds is 6. The number of hydrogen-bond donors (Lipinski definition) is 3. The number of benzene rings is 2. The van der Waals surface area contributed by atoms with Gasteiger partial charge < -0.3 is 15.4 Å².